The highest BCUT2D eigenvalue weighted by atomic mass is 35.5. The summed E-state index contributed by atoms with van der Waals surface area (Å²) in [4.78, 5) is 16.2. The van der Waals surface area contributed by atoms with Crippen LogP contribution in [0.15, 0.2) is 40.8 Å². The maximum Gasteiger partial charge on any atom is 0.262 e. The molecule has 0 fully saturated rings. The fourth-order valence-corrected chi connectivity index (χ4v) is 2.32. The van der Waals surface area contributed by atoms with Gasteiger partial charge in [0.05, 0.1) is 10.0 Å². The van der Waals surface area contributed by atoms with E-state index < -0.39 is 0 Å². The van der Waals surface area contributed by atoms with Gasteiger partial charge in [0.25, 0.3) is 5.91 Å². The Hall–Kier alpha value is -2.24. The average Bonchev–Trinajstić information content (AvgIpc) is 2.88. The van der Waals surface area contributed by atoms with Crippen molar-refractivity contribution in [1.29, 1.82) is 0 Å². The van der Waals surface area contributed by atoms with E-state index in [0.717, 1.165) is 0 Å². The van der Waals surface area contributed by atoms with Gasteiger partial charge in [0.2, 0.25) is 0 Å². The normalized spacial score (nSPS) is 10.7. The summed E-state index contributed by atoms with van der Waals surface area (Å²) in [6.07, 6.45) is 0. The summed E-state index contributed by atoms with van der Waals surface area (Å²) in [5, 5.41) is 3.54. The number of rotatable bonds is 4. The van der Waals surface area contributed by atoms with Crippen molar-refractivity contribution in [2.45, 2.75) is 6.92 Å². The lowest BCUT2D eigenvalue weighted by Crippen LogP contribution is -2.20. The van der Waals surface area contributed by atoms with E-state index in [2.05, 4.69) is 10.3 Å². The number of aromatic nitrogens is 1. The Morgan fingerprint density at radius 3 is 2.83 bits per heavy atom. The molecule has 0 spiro atoms. The first-order chi connectivity index (χ1) is 11.0. The number of hydrogen-bond donors (Lipinski definition) is 1. The number of carbonyl (C=O) groups excluding carboxylic acids is 1. The van der Waals surface area contributed by atoms with Crippen molar-refractivity contribution in [1.82, 2.24) is 4.98 Å². The molecule has 0 aliphatic carbocycles. The number of nitrogens with zero attached hydrogens (tertiary/aromatic N) is 1. The summed E-state index contributed by atoms with van der Waals surface area (Å²) in [6, 6.07) is 10.0. The number of anilines is 1. The number of hydrogen-bond acceptors (Lipinski definition) is 4. The van der Waals surface area contributed by atoms with Gasteiger partial charge in [0.15, 0.2) is 18.1 Å². The molecule has 1 heterocycles. The molecule has 0 saturated heterocycles. The van der Waals surface area contributed by atoms with Gasteiger partial charge < -0.3 is 14.5 Å². The summed E-state index contributed by atoms with van der Waals surface area (Å²) >= 11 is 11.7. The number of halogens is 2. The Morgan fingerprint density at radius 1 is 1.22 bits per heavy atom. The Balaban J connectivity index is 1.62. The van der Waals surface area contributed by atoms with Crippen LogP contribution in [0.4, 0.5) is 5.69 Å². The Kier molecular flexibility index (Phi) is 4.41. The van der Waals surface area contributed by atoms with E-state index in [9.17, 15) is 4.79 Å². The summed E-state index contributed by atoms with van der Waals surface area (Å²) in [5.41, 5.74) is 1.98. The van der Waals surface area contributed by atoms with Crippen LogP contribution in [-0.4, -0.2) is 17.5 Å². The Bertz CT molecular complexity index is 877. The minimum atomic E-state index is -0.296. The first-order valence-corrected chi connectivity index (χ1v) is 7.52. The molecule has 7 heteroatoms. The third-order valence-corrected chi connectivity index (χ3v) is 3.78. The van der Waals surface area contributed by atoms with Crippen LogP contribution < -0.4 is 10.1 Å². The van der Waals surface area contributed by atoms with Crippen molar-refractivity contribution in [3.8, 4) is 5.75 Å². The van der Waals surface area contributed by atoms with Crippen LogP contribution >= 0.6 is 23.2 Å². The predicted molar refractivity (Wildman–Crippen MR) is 89.3 cm³/mol. The largest absolute Gasteiger partial charge is 0.484 e. The zero-order chi connectivity index (χ0) is 16.4. The summed E-state index contributed by atoms with van der Waals surface area (Å²) < 4.78 is 10.8. The number of amides is 1. The molecule has 1 amide bonds. The van der Waals surface area contributed by atoms with Crippen LogP contribution in [0, 0.1) is 6.92 Å². The number of benzene rings is 2. The Labute approximate surface area is 142 Å². The molecule has 0 radical (unpaired) electrons. The molecule has 0 aliphatic heterocycles. The smallest absolute Gasteiger partial charge is 0.262 e. The van der Waals surface area contributed by atoms with Crippen LogP contribution in [0.2, 0.25) is 10.0 Å². The predicted octanol–water partition coefficient (Wildman–Crippen LogP) is 4.46. The number of nitrogens with one attached hydrogen (secondary N) is 1. The lowest BCUT2D eigenvalue weighted by Gasteiger charge is -2.08. The molecule has 1 N–H and O–H groups in total. The fourth-order valence-electron chi connectivity index (χ4n) is 2.03. The van der Waals surface area contributed by atoms with Gasteiger partial charge in [0.1, 0.15) is 11.3 Å². The molecule has 118 valence electrons. The van der Waals surface area contributed by atoms with E-state index in [1.165, 1.54) is 0 Å². The highest BCUT2D eigenvalue weighted by molar-refractivity contribution is 6.42. The van der Waals surface area contributed by atoms with Crippen LogP contribution in [0.5, 0.6) is 5.75 Å². The Morgan fingerprint density at radius 2 is 2.04 bits per heavy atom. The molecule has 2 aromatic carbocycles. The first kappa shape index (κ1) is 15.6. The van der Waals surface area contributed by atoms with Crippen molar-refractivity contribution >= 4 is 45.9 Å². The second kappa shape index (κ2) is 6.48. The maximum atomic E-state index is 11.9. The highest BCUT2D eigenvalue weighted by Gasteiger charge is 2.08. The molecule has 3 aromatic rings. The maximum absolute atomic E-state index is 11.9. The van der Waals surface area contributed by atoms with E-state index in [4.69, 9.17) is 32.4 Å². The van der Waals surface area contributed by atoms with Crippen LogP contribution in [0.3, 0.4) is 0 Å². The second-order valence-corrected chi connectivity index (χ2v) is 5.64. The van der Waals surface area contributed by atoms with Crippen LogP contribution in [0.25, 0.3) is 11.1 Å². The van der Waals surface area contributed by atoms with E-state index in [1.807, 2.05) is 0 Å². The van der Waals surface area contributed by atoms with E-state index in [-0.39, 0.29) is 12.5 Å². The third kappa shape index (κ3) is 3.75. The van der Waals surface area contributed by atoms with Crippen molar-refractivity contribution in [2.24, 2.45) is 0 Å². The molecule has 5 nitrogen and oxygen atoms in total. The van der Waals surface area contributed by atoms with Gasteiger partial charge >= 0.3 is 0 Å². The van der Waals surface area contributed by atoms with Crippen molar-refractivity contribution in [3.05, 3.63) is 52.3 Å². The van der Waals surface area contributed by atoms with Crippen LogP contribution in [-0.2, 0) is 4.79 Å². The monoisotopic (exact) mass is 350 g/mol. The molecule has 0 saturated carbocycles. The number of ether oxygens (including phenoxy) is 1. The molecule has 0 atom stereocenters. The quantitative estimate of drug-likeness (QED) is 0.754. The summed E-state index contributed by atoms with van der Waals surface area (Å²) in [5.74, 6) is 0.749. The highest BCUT2D eigenvalue weighted by Crippen LogP contribution is 2.26. The number of fused-ring (bicyclic) bond motifs is 1. The van der Waals surface area contributed by atoms with E-state index in [0.29, 0.717) is 38.5 Å². The van der Waals surface area contributed by atoms with E-state index in [1.54, 1.807) is 43.3 Å². The molecule has 0 unspecified atom stereocenters. The molecule has 1 aromatic heterocycles. The van der Waals surface area contributed by atoms with Crippen molar-refractivity contribution < 1.29 is 13.9 Å². The zero-order valence-corrected chi connectivity index (χ0v) is 13.6. The van der Waals surface area contributed by atoms with Crippen molar-refractivity contribution in [3.63, 3.8) is 0 Å². The SMILES string of the molecule is Cc1nc2cc(NC(=O)COc3ccc(Cl)c(Cl)c3)ccc2o1. The number of aryl methyl sites for hydroxylation is 1. The molecular formula is C16H12Cl2N2O3. The minimum Gasteiger partial charge on any atom is -0.484 e. The molecule has 0 aliphatic rings. The molecular weight excluding hydrogens is 339 g/mol. The van der Waals surface area contributed by atoms with Crippen molar-refractivity contribution in [2.75, 3.05) is 11.9 Å². The van der Waals surface area contributed by atoms with Gasteiger partial charge in [-0.15, -0.1) is 0 Å². The lowest BCUT2D eigenvalue weighted by molar-refractivity contribution is -0.118. The van der Waals surface area contributed by atoms with Gasteiger partial charge in [-0.3, -0.25) is 4.79 Å². The van der Waals surface area contributed by atoms with Gasteiger partial charge in [0, 0.05) is 18.7 Å². The zero-order valence-electron chi connectivity index (χ0n) is 12.1. The average molecular weight is 351 g/mol. The van der Waals surface area contributed by atoms with Gasteiger partial charge in [-0.25, -0.2) is 4.98 Å². The van der Waals surface area contributed by atoms with E-state index >= 15 is 0 Å². The minimum absolute atomic E-state index is 0.145. The summed E-state index contributed by atoms with van der Waals surface area (Å²) in [7, 11) is 0. The van der Waals surface area contributed by atoms with Gasteiger partial charge in [-0.05, 0) is 30.3 Å². The first-order valence-electron chi connectivity index (χ1n) is 6.76. The summed E-state index contributed by atoms with van der Waals surface area (Å²) in [6.45, 7) is 1.62. The fraction of sp³-hybridized carbons (Fsp3) is 0.125. The van der Waals surface area contributed by atoms with Gasteiger partial charge in [-0.2, -0.15) is 0 Å². The standard InChI is InChI=1S/C16H12Cl2N2O3/c1-9-19-14-6-10(2-5-15(14)23-9)20-16(21)8-22-11-3-4-12(17)13(18)7-11/h2-7H,8H2,1H3,(H,20,21). The number of carbonyl (C=O) groups is 1. The lowest BCUT2D eigenvalue weighted by atomic mass is 10.3. The molecule has 0 bridgehead atoms. The molecule has 3 rings (SSSR count). The number of oxazole rings is 1. The molecule has 23 heavy (non-hydrogen) atoms. The third-order valence-electron chi connectivity index (χ3n) is 3.04. The van der Waals surface area contributed by atoms with Crippen LogP contribution in [0.1, 0.15) is 5.89 Å². The second-order valence-electron chi connectivity index (χ2n) is 4.83. The van der Waals surface area contributed by atoms with Gasteiger partial charge in [-0.1, -0.05) is 23.2 Å². The topological polar surface area (TPSA) is 64.4 Å².